The van der Waals surface area contributed by atoms with Gasteiger partial charge in [0.15, 0.2) is 5.78 Å². The predicted molar refractivity (Wildman–Crippen MR) is 87.7 cm³/mol. The van der Waals surface area contributed by atoms with Crippen LogP contribution >= 0.6 is 11.6 Å². The van der Waals surface area contributed by atoms with Crippen LogP contribution in [0.3, 0.4) is 0 Å². The average molecular weight is 297 g/mol. The van der Waals surface area contributed by atoms with E-state index < -0.39 is 0 Å². The number of carbonyl (C=O) groups is 1. The highest BCUT2D eigenvalue weighted by Gasteiger charge is 2.14. The molecule has 0 radical (unpaired) electrons. The first-order valence-corrected chi connectivity index (χ1v) is 6.82. The quantitative estimate of drug-likeness (QED) is 0.557. The number of nitrogens with two attached hydrogens (primary N) is 2. The molecule has 0 atom stereocenters. The molecule has 3 nitrogen and oxygen atoms in total. The van der Waals surface area contributed by atoms with Crippen LogP contribution in [0.1, 0.15) is 15.9 Å². The summed E-state index contributed by atoms with van der Waals surface area (Å²) in [4.78, 5) is 12.7. The van der Waals surface area contributed by atoms with Gasteiger partial charge in [0, 0.05) is 32.9 Å². The molecule has 3 rings (SSSR count). The van der Waals surface area contributed by atoms with Crippen LogP contribution in [0.4, 0.5) is 11.4 Å². The minimum atomic E-state index is -0.123. The van der Waals surface area contributed by atoms with Gasteiger partial charge in [-0.3, -0.25) is 4.79 Å². The van der Waals surface area contributed by atoms with Crippen LogP contribution in [0.5, 0.6) is 0 Å². The zero-order valence-electron chi connectivity index (χ0n) is 11.1. The molecule has 21 heavy (non-hydrogen) atoms. The third-order valence-corrected chi connectivity index (χ3v) is 3.68. The molecule has 0 spiro atoms. The van der Waals surface area contributed by atoms with Gasteiger partial charge in [-0.15, -0.1) is 0 Å². The fourth-order valence-electron chi connectivity index (χ4n) is 2.42. The second kappa shape index (κ2) is 5.11. The second-order valence-electron chi connectivity index (χ2n) is 4.86. The van der Waals surface area contributed by atoms with Crippen LogP contribution in [0.2, 0.25) is 5.02 Å². The normalized spacial score (nSPS) is 10.7. The van der Waals surface area contributed by atoms with E-state index in [1.807, 2.05) is 24.3 Å². The topological polar surface area (TPSA) is 69.1 Å². The lowest BCUT2D eigenvalue weighted by molar-refractivity contribution is 0.104. The van der Waals surface area contributed by atoms with Gasteiger partial charge in [0.2, 0.25) is 0 Å². The van der Waals surface area contributed by atoms with Crippen LogP contribution in [0.15, 0.2) is 54.6 Å². The van der Waals surface area contributed by atoms with Gasteiger partial charge >= 0.3 is 0 Å². The van der Waals surface area contributed by atoms with Crippen LogP contribution in [-0.2, 0) is 0 Å². The van der Waals surface area contributed by atoms with Gasteiger partial charge in [0.25, 0.3) is 0 Å². The molecule has 0 heterocycles. The van der Waals surface area contributed by atoms with Crippen molar-refractivity contribution in [2.24, 2.45) is 0 Å². The fourth-order valence-corrected chi connectivity index (χ4v) is 2.65. The van der Waals surface area contributed by atoms with Crippen molar-refractivity contribution in [3.63, 3.8) is 0 Å². The Balaban J connectivity index is 2.20. The van der Waals surface area contributed by atoms with E-state index in [0.717, 1.165) is 10.8 Å². The summed E-state index contributed by atoms with van der Waals surface area (Å²) >= 11 is 6.18. The minimum Gasteiger partial charge on any atom is -0.399 e. The van der Waals surface area contributed by atoms with Crippen molar-refractivity contribution in [3.8, 4) is 0 Å². The number of nitrogen functional groups attached to an aromatic ring is 2. The van der Waals surface area contributed by atoms with Crippen LogP contribution in [0.25, 0.3) is 10.8 Å². The minimum absolute atomic E-state index is 0.123. The lowest BCUT2D eigenvalue weighted by Gasteiger charge is -2.08. The van der Waals surface area contributed by atoms with Crippen molar-refractivity contribution >= 4 is 39.5 Å². The molecule has 104 valence electrons. The molecule has 0 aliphatic rings. The summed E-state index contributed by atoms with van der Waals surface area (Å²) in [6, 6.07) is 15.9. The van der Waals surface area contributed by atoms with E-state index in [1.54, 1.807) is 30.3 Å². The van der Waals surface area contributed by atoms with Crippen LogP contribution in [-0.4, -0.2) is 5.78 Å². The Morgan fingerprint density at radius 2 is 1.48 bits per heavy atom. The molecule has 0 fully saturated rings. The number of hydrogen-bond donors (Lipinski definition) is 2. The smallest absolute Gasteiger partial charge is 0.193 e. The SMILES string of the molecule is Nc1cc(N)cc(C(=O)c2ccc(Cl)c3ccccc23)c1. The maximum atomic E-state index is 12.7. The summed E-state index contributed by atoms with van der Waals surface area (Å²) in [5.74, 6) is -0.123. The van der Waals surface area contributed by atoms with Gasteiger partial charge < -0.3 is 11.5 Å². The molecule has 0 unspecified atom stereocenters. The summed E-state index contributed by atoms with van der Waals surface area (Å²) in [6.07, 6.45) is 0. The van der Waals surface area contributed by atoms with Gasteiger partial charge in [-0.1, -0.05) is 35.9 Å². The van der Waals surface area contributed by atoms with E-state index in [9.17, 15) is 4.79 Å². The molecule has 4 heteroatoms. The summed E-state index contributed by atoms with van der Waals surface area (Å²) in [6.45, 7) is 0. The van der Waals surface area contributed by atoms with Crippen LogP contribution in [0, 0.1) is 0 Å². The fraction of sp³-hybridized carbons (Fsp3) is 0. The highest BCUT2D eigenvalue weighted by Crippen LogP contribution is 2.28. The van der Waals surface area contributed by atoms with Crippen molar-refractivity contribution < 1.29 is 4.79 Å². The van der Waals surface area contributed by atoms with Crippen molar-refractivity contribution in [1.29, 1.82) is 0 Å². The Morgan fingerprint density at radius 3 is 2.14 bits per heavy atom. The maximum Gasteiger partial charge on any atom is 0.193 e. The highest BCUT2D eigenvalue weighted by atomic mass is 35.5. The first-order valence-electron chi connectivity index (χ1n) is 6.44. The van der Waals surface area contributed by atoms with Crippen molar-refractivity contribution in [3.05, 3.63) is 70.7 Å². The van der Waals surface area contributed by atoms with Gasteiger partial charge in [-0.05, 0) is 35.7 Å². The maximum absolute atomic E-state index is 12.7. The average Bonchev–Trinajstić information content (AvgIpc) is 2.46. The number of fused-ring (bicyclic) bond motifs is 1. The molecular weight excluding hydrogens is 284 g/mol. The first-order chi connectivity index (χ1) is 10.1. The van der Waals surface area contributed by atoms with Gasteiger partial charge in [-0.25, -0.2) is 0 Å². The Hall–Kier alpha value is -2.52. The molecule has 3 aromatic rings. The summed E-state index contributed by atoms with van der Waals surface area (Å²) < 4.78 is 0. The molecule has 0 aliphatic heterocycles. The molecule has 3 aromatic carbocycles. The van der Waals surface area contributed by atoms with E-state index in [-0.39, 0.29) is 5.78 Å². The lowest BCUT2D eigenvalue weighted by atomic mass is 9.96. The van der Waals surface area contributed by atoms with E-state index in [0.29, 0.717) is 27.5 Å². The van der Waals surface area contributed by atoms with Gasteiger partial charge in [0.05, 0.1) is 0 Å². The third kappa shape index (κ3) is 2.43. The summed E-state index contributed by atoms with van der Waals surface area (Å²) in [7, 11) is 0. The number of hydrogen-bond acceptors (Lipinski definition) is 3. The number of halogens is 1. The molecule has 0 amide bonds. The van der Waals surface area contributed by atoms with E-state index in [2.05, 4.69) is 0 Å². The monoisotopic (exact) mass is 296 g/mol. The van der Waals surface area contributed by atoms with E-state index >= 15 is 0 Å². The molecule has 0 saturated heterocycles. The number of anilines is 2. The zero-order chi connectivity index (χ0) is 15.0. The zero-order valence-corrected chi connectivity index (χ0v) is 11.9. The number of ketones is 1. The van der Waals surface area contributed by atoms with E-state index in [4.69, 9.17) is 23.1 Å². The van der Waals surface area contributed by atoms with Gasteiger partial charge in [0.1, 0.15) is 0 Å². The molecule has 0 bridgehead atoms. The largest absolute Gasteiger partial charge is 0.399 e. The first kappa shape index (κ1) is 13.5. The number of benzene rings is 3. The molecule has 0 saturated carbocycles. The summed E-state index contributed by atoms with van der Waals surface area (Å²) in [5.41, 5.74) is 13.5. The predicted octanol–water partition coefficient (Wildman–Crippen LogP) is 3.89. The molecule has 0 aliphatic carbocycles. The lowest BCUT2D eigenvalue weighted by Crippen LogP contribution is -2.04. The van der Waals surface area contributed by atoms with Crippen molar-refractivity contribution in [1.82, 2.24) is 0 Å². The number of rotatable bonds is 2. The summed E-state index contributed by atoms with van der Waals surface area (Å²) in [5, 5.41) is 2.28. The standard InChI is InChI=1S/C17H13ClN2O/c18-16-6-5-15(13-3-1-2-4-14(13)16)17(21)10-7-11(19)9-12(20)8-10/h1-9H,19-20H2. The Labute approximate surface area is 127 Å². The Morgan fingerprint density at radius 1 is 0.857 bits per heavy atom. The highest BCUT2D eigenvalue weighted by molar-refractivity contribution is 6.36. The molecule has 4 N–H and O–H groups in total. The van der Waals surface area contributed by atoms with Crippen molar-refractivity contribution in [2.45, 2.75) is 0 Å². The molecular formula is C17H13ClN2O. The van der Waals surface area contributed by atoms with Crippen molar-refractivity contribution in [2.75, 3.05) is 11.5 Å². The second-order valence-corrected chi connectivity index (χ2v) is 5.27. The number of carbonyl (C=O) groups excluding carboxylic acids is 1. The Kier molecular flexibility index (Phi) is 3.28. The third-order valence-electron chi connectivity index (χ3n) is 3.36. The molecule has 0 aromatic heterocycles. The van der Waals surface area contributed by atoms with Crippen LogP contribution < -0.4 is 11.5 Å². The van der Waals surface area contributed by atoms with E-state index in [1.165, 1.54) is 0 Å². The Bertz CT molecular complexity index is 838. The van der Waals surface area contributed by atoms with Gasteiger partial charge in [-0.2, -0.15) is 0 Å².